The van der Waals surface area contributed by atoms with Crippen molar-refractivity contribution in [3.63, 3.8) is 0 Å². The molecule has 0 atom stereocenters. The molecule has 21 heavy (non-hydrogen) atoms. The lowest BCUT2D eigenvalue weighted by Crippen LogP contribution is -1.98. The Bertz CT molecular complexity index is 773. The van der Waals surface area contributed by atoms with E-state index in [4.69, 9.17) is 4.74 Å². The summed E-state index contributed by atoms with van der Waals surface area (Å²) in [5.74, 6) is -0.297. The van der Waals surface area contributed by atoms with Crippen molar-refractivity contribution in [3.8, 4) is 17.2 Å². The van der Waals surface area contributed by atoms with Crippen LogP contribution in [0.15, 0.2) is 36.1 Å². The van der Waals surface area contributed by atoms with Gasteiger partial charge in [-0.05, 0) is 25.5 Å². The number of aromatic hydroxyl groups is 2. The number of benzene rings is 2. The normalized spacial score (nSPS) is 15.1. The van der Waals surface area contributed by atoms with Gasteiger partial charge in [-0.1, -0.05) is 30.3 Å². The first kappa shape index (κ1) is 13.2. The second-order valence-electron chi connectivity index (χ2n) is 5.00. The van der Waals surface area contributed by atoms with Gasteiger partial charge >= 0.3 is 0 Å². The zero-order valence-corrected chi connectivity index (χ0v) is 11.7. The van der Waals surface area contributed by atoms with Crippen LogP contribution in [0.25, 0.3) is 6.08 Å². The summed E-state index contributed by atoms with van der Waals surface area (Å²) < 4.78 is 5.56. The molecule has 0 saturated heterocycles. The topological polar surface area (TPSA) is 66.8 Å². The molecule has 2 aromatic rings. The summed E-state index contributed by atoms with van der Waals surface area (Å²) in [6, 6.07) is 9.30. The quantitative estimate of drug-likeness (QED) is 0.787. The van der Waals surface area contributed by atoms with E-state index < -0.39 is 0 Å². The fraction of sp³-hybridized carbons (Fsp3) is 0.118. The van der Waals surface area contributed by atoms with Crippen LogP contribution in [0.1, 0.15) is 27.0 Å². The number of hydrogen-bond donors (Lipinski definition) is 2. The predicted octanol–water partition coefficient (Wildman–Crippen LogP) is 3.33. The van der Waals surface area contributed by atoms with E-state index in [9.17, 15) is 15.0 Å². The fourth-order valence-electron chi connectivity index (χ4n) is 2.40. The smallest absolute Gasteiger partial charge is 0.235 e. The number of Topliss-reactive ketones (excluding diaryl/α,β-unsaturated/α-hetero) is 1. The van der Waals surface area contributed by atoms with Crippen LogP contribution < -0.4 is 4.74 Å². The van der Waals surface area contributed by atoms with Crippen molar-refractivity contribution in [1.82, 2.24) is 0 Å². The summed E-state index contributed by atoms with van der Waals surface area (Å²) in [5.41, 5.74) is 1.67. The van der Waals surface area contributed by atoms with Crippen LogP contribution in [0, 0.1) is 13.8 Å². The molecule has 0 saturated carbocycles. The van der Waals surface area contributed by atoms with Crippen LogP contribution in [-0.2, 0) is 0 Å². The van der Waals surface area contributed by atoms with Crippen molar-refractivity contribution in [3.05, 3.63) is 58.3 Å². The number of fused-ring (bicyclic) bond motifs is 1. The molecular formula is C17H14O4. The third-order valence-corrected chi connectivity index (χ3v) is 3.63. The standard InChI is InChI=1S/C17H14O4/c1-9-14(18)10(2)17-13(15(9)19)16(20)12(21-17)8-11-6-4-3-5-7-11/h3-8,18-19H,1-2H3/b12-8-. The zero-order chi connectivity index (χ0) is 15.1. The number of allylic oxidation sites excluding steroid dienone is 1. The molecule has 0 fully saturated rings. The summed E-state index contributed by atoms with van der Waals surface area (Å²) in [5, 5.41) is 20.0. The first-order valence-corrected chi connectivity index (χ1v) is 6.55. The molecule has 0 unspecified atom stereocenters. The van der Waals surface area contributed by atoms with Gasteiger partial charge < -0.3 is 14.9 Å². The van der Waals surface area contributed by atoms with Crippen molar-refractivity contribution in [2.45, 2.75) is 13.8 Å². The first-order valence-electron chi connectivity index (χ1n) is 6.55. The number of rotatable bonds is 1. The van der Waals surface area contributed by atoms with Gasteiger partial charge in [-0.3, -0.25) is 4.79 Å². The minimum atomic E-state index is -0.377. The van der Waals surface area contributed by atoms with Crippen LogP contribution in [0.4, 0.5) is 0 Å². The molecule has 0 spiro atoms. The highest BCUT2D eigenvalue weighted by Gasteiger charge is 2.34. The molecule has 3 rings (SSSR count). The number of phenolic OH excluding ortho intramolecular Hbond substituents is 2. The Hall–Kier alpha value is -2.75. The summed E-state index contributed by atoms with van der Waals surface area (Å²) >= 11 is 0. The summed E-state index contributed by atoms with van der Waals surface area (Å²) in [4.78, 5) is 12.4. The Labute approximate surface area is 121 Å². The van der Waals surface area contributed by atoms with Crippen LogP contribution in [0.2, 0.25) is 0 Å². The molecule has 4 nitrogen and oxygen atoms in total. The van der Waals surface area contributed by atoms with E-state index >= 15 is 0 Å². The van der Waals surface area contributed by atoms with E-state index in [-0.39, 0.29) is 39.9 Å². The number of ketones is 1. The molecule has 1 aliphatic heterocycles. The van der Waals surface area contributed by atoms with Gasteiger partial charge in [0.15, 0.2) is 5.76 Å². The summed E-state index contributed by atoms with van der Waals surface area (Å²) in [6.45, 7) is 3.21. The van der Waals surface area contributed by atoms with E-state index in [0.29, 0.717) is 5.56 Å². The van der Waals surface area contributed by atoms with E-state index in [1.165, 1.54) is 0 Å². The van der Waals surface area contributed by atoms with E-state index in [0.717, 1.165) is 5.56 Å². The van der Waals surface area contributed by atoms with E-state index in [2.05, 4.69) is 0 Å². The lowest BCUT2D eigenvalue weighted by atomic mass is 10.00. The van der Waals surface area contributed by atoms with E-state index in [1.54, 1.807) is 19.9 Å². The fourth-order valence-corrected chi connectivity index (χ4v) is 2.40. The Morgan fingerprint density at radius 1 is 1.00 bits per heavy atom. The number of carbonyl (C=O) groups excluding carboxylic acids is 1. The van der Waals surface area contributed by atoms with E-state index in [1.807, 2.05) is 30.3 Å². The molecular weight excluding hydrogens is 268 g/mol. The zero-order valence-electron chi connectivity index (χ0n) is 11.7. The first-order chi connectivity index (χ1) is 10.0. The number of phenols is 2. The Morgan fingerprint density at radius 3 is 2.33 bits per heavy atom. The van der Waals surface area contributed by atoms with Crippen molar-refractivity contribution >= 4 is 11.9 Å². The molecule has 106 valence electrons. The van der Waals surface area contributed by atoms with Gasteiger partial charge in [0.2, 0.25) is 5.78 Å². The number of hydrogen-bond acceptors (Lipinski definition) is 4. The minimum Gasteiger partial charge on any atom is -0.507 e. The van der Waals surface area contributed by atoms with Crippen molar-refractivity contribution in [2.75, 3.05) is 0 Å². The summed E-state index contributed by atoms with van der Waals surface area (Å²) in [6.07, 6.45) is 1.62. The maximum Gasteiger partial charge on any atom is 0.235 e. The van der Waals surface area contributed by atoms with Crippen molar-refractivity contribution in [2.24, 2.45) is 0 Å². The third-order valence-electron chi connectivity index (χ3n) is 3.63. The van der Waals surface area contributed by atoms with Crippen LogP contribution in [-0.4, -0.2) is 16.0 Å². The number of carbonyl (C=O) groups is 1. The lowest BCUT2D eigenvalue weighted by Gasteiger charge is -2.09. The maximum absolute atomic E-state index is 12.4. The average Bonchev–Trinajstić information content (AvgIpc) is 2.81. The predicted molar refractivity (Wildman–Crippen MR) is 78.6 cm³/mol. The number of ether oxygens (including phenoxy) is 1. The molecule has 0 aliphatic carbocycles. The van der Waals surface area contributed by atoms with Gasteiger partial charge in [-0.25, -0.2) is 0 Å². The molecule has 1 heterocycles. The van der Waals surface area contributed by atoms with Gasteiger partial charge in [0, 0.05) is 11.1 Å². The molecule has 0 amide bonds. The van der Waals surface area contributed by atoms with Crippen LogP contribution in [0.5, 0.6) is 17.2 Å². The molecule has 0 radical (unpaired) electrons. The van der Waals surface area contributed by atoms with Gasteiger partial charge in [0.25, 0.3) is 0 Å². The third kappa shape index (κ3) is 1.96. The molecule has 0 aromatic heterocycles. The Balaban J connectivity index is 2.14. The monoisotopic (exact) mass is 282 g/mol. The highest BCUT2D eigenvalue weighted by molar-refractivity contribution is 6.16. The van der Waals surface area contributed by atoms with Crippen molar-refractivity contribution < 1.29 is 19.7 Å². The minimum absolute atomic E-state index is 0.0555. The van der Waals surface area contributed by atoms with Gasteiger partial charge in [0.05, 0.1) is 0 Å². The Kier molecular flexibility index (Phi) is 2.94. The van der Waals surface area contributed by atoms with Gasteiger partial charge in [0.1, 0.15) is 22.8 Å². The Morgan fingerprint density at radius 2 is 1.67 bits per heavy atom. The highest BCUT2D eigenvalue weighted by atomic mass is 16.5. The molecule has 1 aliphatic rings. The van der Waals surface area contributed by atoms with Crippen molar-refractivity contribution in [1.29, 1.82) is 0 Å². The average molecular weight is 282 g/mol. The molecule has 0 bridgehead atoms. The maximum atomic E-state index is 12.4. The lowest BCUT2D eigenvalue weighted by molar-refractivity contribution is 0.101. The molecule has 2 N–H and O–H groups in total. The van der Waals surface area contributed by atoms with Gasteiger partial charge in [-0.15, -0.1) is 0 Å². The van der Waals surface area contributed by atoms with Gasteiger partial charge in [-0.2, -0.15) is 0 Å². The van der Waals surface area contributed by atoms with Crippen LogP contribution >= 0.6 is 0 Å². The molecule has 2 aromatic carbocycles. The largest absolute Gasteiger partial charge is 0.507 e. The molecule has 4 heteroatoms. The SMILES string of the molecule is Cc1c(O)c(C)c2c(c1O)C(=O)/C(=C/c1ccccc1)O2. The summed E-state index contributed by atoms with van der Waals surface area (Å²) in [7, 11) is 0. The van der Waals surface area contributed by atoms with Crippen LogP contribution in [0.3, 0.4) is 0 Å². The second-order valence-corrected chi connectivity index (χ2v) is 5.00. The highest BCUT2D eigenvalue weighted by Crippen LogP contribution is 2.46. The second kappa shape index (κ2) is 4.66.